The van der Waals surface area contributed by atoms with E-state index in [1.165, 1.54) is 50.1 Å². The first-order valence-electron chi connectivity index (χ1n) is 9.46. The summed E-state index contributed by atoms with van der Waals surface area (Å²) in [6.45, 7) is 17.9. The quantitative estimate of drug-likeness (QED) is 0.562. The topological polar surface area (TPSA) is 30.5 Å². The summed E-state index contributed by atoms with van der Waals surface area (Å²) >= 11 is 5.36. The Bertz CT molecular complexity index is 1030. The van der Waals surface area contributed by atoms with Crippen LogP contribution in [-0.2, 0) is 16.9 Å². The molecule has 1 N–H and O–H groups in total. The Balaban J connectivity index is 2.16. The van der Waals surface area contributed by atoms with E-state index < -0.39 is 5.60 Å². The number of rotatable bonds is 0. The van der Waals surface area contributed by atoms with Crippen LogP contribution in [0.3, 0.4) is 0 Å². The van der Waals surface area contributed by atoms with E-state index in [1.807, 2.05) is 0 Å². The van der Waals surface area contributed by atoms with Gasteiger partial charge in [0.15, 0.2) is 0 Å². The van der Waals surface area contributed by atoms with Crippen LogP contribution in [0, 0.1) is 41.5 Å². The van der Waals surface area contributed by atoms with Gasteiger partial charge in [0.05, 0.1) is 5.69 Å². The van der Waals surface area contributed by atoms with Crippen molar-refractivity contribution in [2.24, 2.45) is 0 Å². The summed E-state index contributed by atoms with van der Waals surface area (Å²) in [6, 6.07) is 0. The molecule has 2 aliphatic heterocycles. The zero-order valence-corrected chi connectivity index (χ0v) is 18.2. The van der Waals surface area contributed by atoms with Crippen LogP contribution in [-0.4, -0.2) is 5.17 Å². The Hall–Kier alpha value is -2.07. The maximum absolute atomic E-state index is 6.36. The highest BCUT2D eigenvalue weighted by Gasteiger charge is 2.39. The molecule has 4 heteroatoms. The van der Waals surface area contributed by atoms with E-state index in [2.05, 4.69) is 60.7 Å². The maximum Gasteiger partial charge on any atom is 0.262 e. The Morgan fingerprint density at radius 3 is 2.07 bits per heavy atom. The number of nitrogens with one attached hydrogen (secondary N) is 1. The molecule has 142 valence electrons. The highest BCUT2D eigenvalue weighted by molar-refractivity contribution is 7.80. The molecule has 0 aromatic heterocycles. The van der Waals surface area contributed by atoms with E-state index in [0.29, 0.717) is 11.8 Å². The van der Waals surface area contributed by atoms with E-state index in [-0.39, 0.29) is 0 Å². The third-order valence-corrected chi connectivity index (χ3v) is 6.77. The summed E-state index contributed by atoms with van der Waals surface area (Å²) < 4.78 is 12.4. The second-order valence-corrected chi connectivity index (χ2v) is 8.74. The second kappa shape index (κ2) is 5.71. The number of anilines is 1. The molecule has 3 nitrogen and oxygen atoms in total. The highest BCUT2D eigenvalue weighted by atomic mass is 32.1. The molecule has 2 heterocycles. The minimum Gasteiger partial charge on any atom is -0.488 e. The molecule has 0 radical (unpaired) electrons. The van der Waals surface area contributed by atoms with Crippen LogP contribution >= 0.6 is 12.2 Å². The van der Waals surface area contributed by atoms with E-state index in [4.69, 9.17) is 21.7 Å². The zero-order chi connectivity index (χ0) is 19.8. The fourth-order valence-electron chi connectivity index (χ4n) is 4.68. The first kappa shape index (κ1) is 18.3. The van der Waals surface area contributed by atoms with Crippen molar-refractivity contribution < 1.29 is 9.47 Å². The van der Waals surface area contributed by atoms with Crippen LogP contribution in [0.25, 0.3) is 11.1 Å². The Morgan fingerprint density at radius 2 is 1.41 bits per heavy atom. The normalized spacial score (nSPS) is 16.5. The van der Waals surface area contributed by atoms with Crippen molar-refractivity contribution in [2.75, 3.05) is 5.32 Å². The van der Waals surface area contributed by atoms with Crippen molar-refractivity contribution in [3.05, 3.63) is 44.5 Å². The largest absolute Gasteiger partial charge is 0.488 e. The Morgan fingerprint density at radius 1 is 0.815 bits per heavy atom. The highest BCUT2D eigenvalue weighted by Crippen LogP contribution is 2.52. The molecule has 4 rings (SSSR count). The number of thiocarbonyl (C=S) groups is 1. The Kier molecular flexibility index (Phi) is 3.87. The zero-order valence-electron chi connectivity index (χ0n) is 17.4. The van der Waals surface area contributed by atoms with Gasteiger partial charge in [-0.1, -0.05) is 0 Å². The number of benzene rings is 2. The van der Waals surface area contributed by atoms with E-state index in [0.717, 1.165) is 17.0 Å². The van der Waals surface area contributed by atoms with Gasteiger partial charge < -0.3 is 14.8 Å². The van der Waals surface area contributed by atoms with E-state index in [9.17, 15) is 0 Å². The van der Waals surface area contributed by atoms with Crippen molar-refractivity contribution >= 4 is 23.1 Å². The number of fused-ring (bicyclic) bond motifs is 5. The molecular formula is C23H27NO2S. The monoisotopic (exact) mass is 381 g/mol. The summed E-state index contributed by atoms with van der Waals surface area (Å²) in [4.78, 5) is 0. The van der Waals surface area contributed by atoms with Crippen LogP contribution in [0.1, 0.15) is 58.4 Å². The van der Waals surface area contributed by atoms with Crippen molar-refractivity contribution in [1.82, 2.24) is 0 Å². The average Bonchev–Trinajstić information content (AvgIpc) is 2.60. The van der Waals surface area contributed by atoms with Gasteiger partial charge in [-0.2, -0.15) is 0 Å². The van der Waals surface area contributed by atoms with Gasteiger partial charge in [0.25, 0.3) is 5.17 Å². The van der Waals surface area contributed by atoms with Crippen molar-refractivity contribution in [2.45, 2.75) is 67.6 Å². The van der Waals surface area contributed by atoms with Crippen LogP contribution < -0.4 is 10.1 Å². The lowest BCUT2D eigenvalue weighted by molar-refractivity contribution is 0.0919. The summed E-state index contributed by atoms with van der Waals surface area (Å²) in [6.07, 6.45) is 0. The van der Waals surface area contributed by atoms with Crippen LogP contribution in [0.2, 0.25) is 0 Å². The third-order valence-electron chi connectivity index (χ3n) is 6.58. The molecule has 0 atom stereocenters. The lowest BCUT2D eigenvalue weighted by Gasteiger charge is -2.40. The van der Waals surface area contributed by atoms with Crippen molar-refractivity contribution in [3.63, 3.8) is 0 Å². The molecule has 27 heavy (non-hydrogen) atoms. The van der Waals surface area contributed by atoms with Crippen LogP contribution in [0.5, 0.6) is 5.75 Å². The molecule has 0 aliphatic carbocycles. The molecule has 0 saturated heterocycles. The molecule has 2 aromatic rings. The summed E-state index contributed by atoms with van der Waals surface area (Å²) in [5, 5.41) is 3.73. The predicted molar refractivity (Wildman–Crippen MR) is 115 cm³/mol. The number of hydrogen-bond acceptors (Lipinski definition) is 3. The molecule has 0 fully saturated rings. The van der Waals surface area contributed by atoms with Gasteiger partial charge in [0.1, 0.15) is 18.0 Å². The number of hydrogen-bond donors (Lipinski definition) is 1. The Labute approximate surface area is 167 Å². The minimum absolute atomic E-state index is 0.436. The van der Waals surface area contributed by atoms with Gasteiger partial charge in [-0.15, -0.1) is 0 Å². The van der Waals surface area contributed by atoms with Crippen molar-refractivity contribution in [3.8, 4) is 16.9 Å². The predicted octanol–water partition coefficient (Wildman–Crippen LogP) is 6.06. The molecular weight excluding hydrogens is 354 g/mol. The van der Waals surface area contributed by atoms with Gasteiger partial charge >= 0.3 is 0 Å². The average molecular weight is 382 g/mol. The smallest absolute Gasteiger partial charge is 0.262 e. The van der Waals surface area contributed by atoms with Gasteiger partial charge in [-0.25, -0.2) is 0 Å². The van der Waals surface area contributed by atoms with Gasteiger partial charge in [0, 0.05) is 16.7 Å². The molecule has 2 aromatic carbocycles. The molecule has 0 unspecified atom stereocenters. The first-order chi connectivity index (χ1) is 12.6. The second-order valence-electron chi connectivity index (χ2n) is 8.37. The standard InChI is InChI=1S/C23H27NO2S/c1-10-11(2)15(6)21-18(12(10)3)17-13(4)14(5)20-19(16(17)9-25-21)23(7,8)26-22(27)24-20/h9H2,1-8H3,(H,24,27). The SMILES string of the molecule is Cc1c(C)c(C)c2c(c1C)OCc1c-2c(C)c(C)c2c1C(C)(C)OC(=S)N2. The van der Waals surface area contributed by atoms with E-state index in [1.54, 1.807) is 0 Å². The van der Waals surface area contributed by atoms with Gasteiger partial charge in [-0.05, 0) is 107 Å². The summed E-state index contributed by atoms with van der Waals surface area (Å²) in [5.41, 5.74) is 13.2. The molecule has 0 bridgehead atoms. The minimum atomic E-state index is -0.496. The fourth-order valence-corrected chi connectivity index (χ4v) is 4.99. The van der Waals surface area contributed by atoms with Crippen LogP contribution in [0.4, 0.5) is 5.69 Å². The first-order valence-corrected chi connectivity index (χ1v) is 9.87. The molecule has 0 saturated carbocycles. The van der Waals surface area contributed by atoms with Gasteiger partial charge in [-0.3, -0.25) is 0 Å². The third kappa shape index (κ3) is 2.35. The lowest BCUT2D eigenvalue weighted by Crippen LogP contribution is -2.37. The summed E-state index contributed by atoms with van der Waals surface area (Å²) in [7, 11) is 0. The van der Waals surface area contributed by atoms with Gasteiger partial charge in [0.2, 0.25) is 0 Å². The van der Waals surface area contributed by atoms with Crippen LogP contribution in [0.15, 0.2) is 0 Å². The van der Waals surface area contributed by atoms with E-state index >= 15 is 0 Å². The fraction of sp³-hybridized carbons (Fsp3) is 0.435. The maximum atomic E-state index is 6.36. The van der Waals surface area contributed by atoms with Crippen molar-refractivity contribution in [1.29, 1.82) is 0 Å². The lowest BCUT2D eigenvalue weighted by atomic mass is 9.77. The molecule has 2 aliphatic rings. The number of ether oxygens (including phenoxy) is 2. The summed E-state index contributed by atoms with van der Waals surface area (Å²) in [5.74, 6) is 1.03. The molecule has 0 amide bonds. The molecule has 0 spiro atoms.